The molecule has 0 saturated heterocycles. The number of hydrogen-bond acceptors (Lipinski definition) is 5. The zero-order chi connectivity index (χ0) is 17.5. The van der Waals surface area contributed by atoms with E-state index in [2.05, 4.69) is 4.74 Å². The molecule has 0 aliphatic rings. The number of rotatable bonds is 7. The van der Waals surface area contributed by atoms with Crippen molar-refractivity contribution in [1.82, 2.24) is 0 Å². The van der Waals surface area contributed by atoms with E-state index in [0.29, 0.717) is 22.1 Å². The summed E-state index contributed by atoms with van der Waals surface area (Å²) in [5, 5.41) is 0.606. The average Bonchev–Trinajstić information content (AvgIpc) is 2.57. The highest BCUT2D eigenvalue weighted by Crippen LogP contribution is 2.23. The van der Waals surface area contributed by atoms with E-state index in [0.717, 1.165) is 0 Å². The van der Waals surface area contributed by atoms with E-state index in [9.17, 15) is 14.4 Å². The van der Waals surface area contributed by atoms with Crippen LogP contribution in [-0.2, 0) is 14.3 Å². The molecule has 0 amide bonds. The molecule has 0 aliphatic heterocycles. The summed E-state index contributed by atoms with van der Waals surface area (Å²) in [6, 6.07) is 13.1. The Morgan fingerprint density at radius 2 is 1.46 bits per heavy atom. The quantitative estimate of drug-likeness (QED) is 0.330. The molecule has 2 aromatic carbocycles. The number of ether oxygens (including phenoxy) is 2. The minimum Gasteiger partial charge on any atom is -0.460 e. The lowest BCUT2D eigenvalue weighted by atomic mass is 10.1. The molecule has 124 valence electrons. The Kier molecular flexibility index (Phi) is 6.09. The maximum Gasteiger partial charge on any atom is 0.375 e. The Labute approximate surface area is 144 Å². The number of benzene rings is 2. The molecule has 6 heteroatoms. The van der Waals surface area contributed by atoms with Crippen molar-refractivity contribution in [3.05, 3.63) is 59.1 Å². The lowest BCUT2D eigenvalue weighted by molar-refractivity contribution is -0.153. The minimum atomic E-state index is -0.992. The molecule has 0 unspecified atom stereocenters. The Balaban J connectivity index is 1.98. The Bertz CT molecular complexity index is 735. The number of esters is 1. The fourth-order valence-electron chi connectivity index (χ4n) is 1.88. The summed E-state index contributed by atoms with van der Waals surface area (Å²) in [4.78, 5) is 34.7. The van der Waals surface area contributed by atoms with Crippen LogP contribution in [0, 0.1) is 0 Å². The highest BCUT2D eigenvalue weighted by atomic mass is 35.5. The third-order valence-corrected chi connectivity index (χ3v) is 3.30. The van der Waals surface area contributed by atoms with Crippen molar-refractivity contribution in [3.63, 3.8) is 0 Å². The fraction of sp³-hybridized carbons (Fsp3) is 0.167. The van der Waals surface area contributed by atoms with Gasteiger partial charge >= 0.3 is 5.97 Å². The van der Waals surface area contributed by atoms with Crippen LogP contribution >= 0.6 is 11.6 Å². The molecule has 0 atom stereocenters. The molecular formula is C18H15ClO5. The largest absolute Gasteiger partial charge is 0.460 e. The predicted molar refractivity (Wildman–Crippen MR) is 88.6 cm³/mol. The highest BCUT2D eigenvalue weighted by molar-refractivity contribution is 6.38. The normalized spacial score (nSPS) is 10.1. The van der Waals surface area contributed by atoms with Gasteiger partial charge in [-0.1, -0.05) is 11.6 Å². The maximum atomic E-state index is 12.0. The molecule has 5 nitrogen and oxygen atoms in total. The van der Waals surface area contributed by atoms with Crippen molar-refractivity contribution in [2.75, 3.05) is 6.61 Å². The average molecular weight is 347 g/mol. The van der Waals surface area contributed by atoms with E-state index in [1.54, 1.807) is 43.3 Å². The number of carbonyl (C=O) groups excluding carboxylic acids is 3. The van der Waals surface area contributed by atoms with Crippen molar-refractivity contribution in [1.29, 1.82) is 0 Å². The van der Waals surface area contributed by atoms with Crippen molar-refractivity contribution in [2.45, 2.75) is 13.3 Å². The molecule has 0 aromatic heterocycles. The van der Waals surface area contributed by atoms with Crippen LogP contribution in [0.4, 0.5) is 0 Å². The maximum absolute atomic E-state index is 12.0. The summed E-state index contributed by atoms with van der Waals surface area (Å²) in [5.41, 5.74) is 0.316. The summed E-state index contributed by atoms with van der Waals surface area (Å²) in [6.07, 6.45) is -0.518. The monoisotopic (exact) mass is 346 g/mol. The van der Waals surface area contributed by atoms with Gasteiger partial charge in [-0.3, -0.25) is 9.59 Å². The first-order chi connectivity index (χ1) is 11.5. The molecule has 0 fully saturated rings. The summed E-state index contributed by atoms with van der Waals surface area (Å²) in [7, 11) is 0. The summed E-state index contributed by atoms with van der Waals surface area (Å²) < 4.78 is 10.2. The van der Waals surface area contributed by atoms with Gasteiger partial charge < -0.3 is 9.47 Å². The topological polar surface area (TPSA) is 69.7 Å². The molecule has 2 rings (SSSR count). The van der Waals surface area contributed by atoms with E-state index in [4.69, 9.17) is 16.3 Å². The minimum absolute atomic E-state index is 0.0928. The number of carbonyl (C=O) groups is 3. The summed E-state index contributed by atoms with van der Waals surface area (Å²) in [5.74, 6) is -1.16. The third-order valence-electron chi connectivity index (χ3n) is 3.05. The number of ketones is 2. The van der Waals surface area contributed by atoms with E-state index < -0.39 is 24.0 Å². The Morgan fingerprint density at radius 1 is 0.917 bits per heavy atom. The second kappa shape index (κ2) is 8.26. The van der Waals surface area contributed by atoms with E-state index in [1.807, 2.05) is 0 Å². The standard InChI is InChI=1S/C18H15ClO5/c1-2-23-18(22)17(21)11-16(20)12-3-7-14(8-4-12)24-15-9-5-13(19)6-10-15/h3-10H,2,11H2,1H3. The molecule has 0 aliphatic carbocycles. The second-order valence-electron chi connectivity index (χ2n) is 4.82. The predicted octanol–water partition coefficient (Wildman–Crippen LogP) is 3.84. The van der Waals surface area contributed by atoms with Gasteiger partial charge in [-0.15, -0.1) is 0 Å². The third kappa shape index (κ3) is 4.93. The first-order valence-corrected chi connectivity index (χ1v) is 7.64. The fourth-order valence-corrected chi connectivity index (χ4v) is 2.01. The van der Waals surface area contributed by atoms with E-state index in [-0.39, 0.29) is 6.61 Å². The van der Waals surface area contributed by atoms with E-state index >= 15 is 0 Å². The van der Waals surface area contributed by atoms with Crippen LogP contribution in [0.2, 0.25) is 5.02 Å². The lowest BCUT2D eigenvalue weighted by Crippen LogP contribution is -2.20. The number of halogens is 1. The lowest BCUT2D eigenvalue weighted by Gasteiger charge is -2.06. The van der Waals surface area contributed by atoms with Crippen LogP contribution in [0.1, 0.15) is 23.7 Å². The van der Waals surface area contributed by atoms with Crippen LogP contribution in [0.25, 0.3) is 0 Å². The van der Waals surface area contributed by atoms with Gasteiger partial charge in [0.05, 0.1) is 13.0 Å². The van der Waals surface area contributed by atoms with Gasteiger partial charge in [0.2, 0.25) is 5.78 Å². The number of hydrogen-bond donors (Lipinski definition) is 0. The molecule has 0 N–H and O–H groups in total. The molecule has 0 saturated carbocycles. The van der Waals surface area contributed by atoms with Gasteiger partial charge in [-0.05, 0) is 55.5 Å². The zero-order valence-corrected chi connectivity index (χ0v) is 13.7. The Hall–Kier alpha value is -2.66. The number of Topliss-reactive ketones (excluding diaryl/α,β-unsaturated/α-hetero) is 2. The van der Waals surface area contributed by atoms with Crippen molar-refractivity contribution in [3.8, 4) is 11.5 Å². The van der Waals surface area contributed by atoms with E-state index in [1.165, 1.54) is 12.1 Å². The van der Waals surface area contributed by atoms with Crippen molar-refractivity contribution in [2.24, 2.45) is 0 Å². The first kappa shape index (κ1) is 17.7. The van der Waals surface area contributed by atoms with Gasteiger partial charge in [0, 0.05) is 10.6 Å². The van der Waals surface area contributed by atoms with Gasteiger partial charge in [0.25, 0.3) is 0 Å². The van der Waals surface area contributed by atoms with Gasteiger partial charge in [-0.25, -0.2) is 4.79 Å². The molecule has 0 bridgehead atoms. The van der Waals surface area contributed by atoms with Gasteiger partial charge in [-0.2, -0.15) is 0 Å². The van der Waals surface area contributed by atoms with Crippen molar-refractivity contribution >= 4 is 29.1 Å². The second-order valence-corrected chi connectivity index (χ2v) is 5.26. The summed E-state index contributed by atoms with van der Waals surface area (Å²) in [6.45, 7) is 1.68. The Morgan fingerprint density at radius 3 is 2.00 bits per heavy atom. The summed E-state index contributed by atoms with van der Waals surface area (Å²) >= 11 is 5.80. The van der Waals surface area contributed by atoms with Crippen LogP contribution in [0.15, 0.2) is 48.5 Å². The van der Waals surface area contributed by atoms with Gasteiger partial charge in [0.15, 0.2) is 5.78 Å². The van der Waals surface area contributed by atoms with Gasteiger partial charge in [0.1, 0.15) is 11.5 Å². The SMILES string of the molecule is CCOC(=O)C(=O)CC(=O)c1ccc(Oc2ccc(Cl)cc2)cc1. The molecule has 0 heterocycles. The smallest absolute Gasteiger partial charge is 0.375 e. The molecule has 2 aromatic rings. The van der Waals surface area contributed by atoms with Crippen molar-refractivity contribution < 1.29 is 23.9 Å². The zero-order valence-electron chi connectivity index (χ0n) is 13.0. The molecule has 24 heavy (non-hydrogen) atoms. The molecular weight excluding hydrogens is 332 g/mol. The molecule has 0 radical (unpaired) electrons. The van der Waals surface area contributed by atoms with Crippen LogP contribution in [0.3, 0.4) is 0 Å². The van der Waals surface area contributed by atoms with Crippen LogP contribution in [0.5, 0.6) is 11.5 Å². The first-order valence-electron chi connectivity index (χ1n) is 7.26. The van der Waals surface area contributed by atoms with Crippen LogP contribution in [-0.4, -0.2) is 24.1 Å². The van der Waals surface area contributed by atoms with Crippen LogP contribution < -0.4 is 4.74 Å². The molecule has 0 spiro atoms. The highest BCUT2D eigenvalue weighted by Gasteiger charge is 2.19.